The number of benzene rings is 1. The lowest BCUT2D eigenvalue weighted by Crippen LogP contribution is -2.33. The topological polar surface area (TPSA) is 107 Å². The van der Waals surface area contributed by atoms with Crippen molar-refractivity contribution in [3.05, 3.63) is 35.9 Å². The Morgan fingerprint density at radius 2 is 1.89 bits per heavy atom. The molecule has 0 saturated heterocycles. The van der Waals surface area contributed by atoms with Crippen LogP contribution in [0.5, 0.6) is 0 Å². The van der Waals surface area contributed by atoms with Gasteiger partial charge in [0.25, 0.3) is 0 Å². The SMILES string of the molecule is NC(=O)NC(CCCOC(N)=O)c1ccccc1. The zero-order valence-electron chi connectivity index (χ0n) is 9.96. The Balaban J connectivity index is 2.51. The molecular formula is C12H17N3O3. The summed E-state index contributed by atoms with van der Waals surface area (Å²) in [6.07, 6.45) is 0.400. The summed E-state index contributed by atoms with van der Waals surface area (Å²) in [6.45, 7) is 0.221. The zero-order chi connectivity index (χ0) is 13.4. The molecule has 6 nitrogen and oxygen atoms in total. The number of nitrogens with two attached hydrogens (primary N) is 2. The van der Waals surface area contributed by atoms with E-state index >= 15 is 0 Å². The van der Waals surface area contributed by atoms with E-state index in [1.807, 2.05) is 30.3 Å². The van der Waals surface area contributed by atoms with Gasteiger partial charge in [-0.15, -0.1) is 0 Å². The highest BCUT2D eigenvalue weighted by atomic mass is 16.5. The molecule has 98 valence electrons. The molecule has 0 saturated carbocycles. The number of amides is 3. The molecular weight excluding hydrogens is 234 g/mol. The van der Waals surface area contributed by atoms with E-state index in [9.17, 15) is 9.59 Å². The number of nitrogens with one attached hydrogen (secondary N) is 1. The molecule has 0 spiro atoms. The van der Waals surface area contributed by atoms with Crippen LogP contribution < -0.4 is 16.8 Å². The molecule has 5 N–H and O–H groups in total. The van der Waals surface area contributed by atoms with Crippen molar-refractivity contribution in [2.75, 3.05) is 6.61 Å². The molecule has 0 fully saturated rings. The second-order valence-corrected chi connectivity index (χ2v) is 3.78. The highest BCUT2D eigenvalue weighted by molar-refractivity contribution is 5.72. The maximum atomic E-state index is 10.9. The van der Waals surface area contributed by atoms with Gasteiger partial charge in [0.15, 0.2) is 0 Å². The van der Waals surface area contributed by atoms with Crippen molar-refractivity contribution in [3.63, 3.8) is 0 Å². The van der Waals surface area contributed by atoms with Crippen LogP contribution in [0.2, 0.25) is 0 Å². The number of carbonyl (C=O) groups is 2. The Bertz CT molecular complexity index is 395. The van der Waals surface area contributed by atoms with Crippen LogP contribution in [0.25, 0.3) is 0 Å². The van der Waals surface area contributed by atoms with Crippen LogP contribution in [0, 0.1) is 0 Å². The van der Waals surface area contributed by atoms with Crippen LogP contribution in [0.3, 0.4) is 0 Å². The van der Waals surface area contributed by atoms with Crippen molar-refractivity contribution >= 4 is 12.1 Å². The summed E-state index contributed by atoms with van der Waals surface area (Å²) in [5, 5.41) is 2.65. The van der Waals surface area contributed by atoms with Crippen molar-refractivity contribution in [3.8, 4) is 0 Å². The van der Waals surface area contributed by atoms with Gasteiger partial charge < -0.3 is 21.5 Å². The minimum atomic E-state index is -0.797. The van der Waals surface area contributed by atoms with Crippen molar-refractivity contribution in [1.82, 2.24) is 5.32 Å². The fourth-order valence-electron chi connectivity index (χ4n) is 1.64. The van der Waals surface area contributed by atoms with Gasteiger partial charge in [-0.2, -0.15) is 0 Å². The number of rotatable bonds is 6. The van der Waals surface area contributed by atoms with Crippen LogP contribution in [0.4, 0.5) is 9.59 Å². The van der Waals surface area contributed by atoms with Gasteiger partial charge in [0.05, 0.1) is 12.6 Å². The quantitative estimate of drug-likeness (QED) is 0.662. The Kier molecular flexibility index (Phi) is 5.50. The smallest absolute Gasteiger partial charge is 0.404 e. The van der Waals surface area contributed by atoms with E-state index in [0.29, 0.717) is 12.8 Å². The summed E-state index contributed by atoms with van der Waals surface area (Å²) in [6, 6.07) is 8.67. The van der Waals surface area contributed by atoms with Gasteiger partial charge in [-0.3, -0.25) is 0 Å². The third kappa shape index (κ3) is 5.20. The third-order valence-electron chi connectivity index (χ3n) is 2.40. The summed E-state index contributed by atoms with van der Waals surface area (Å²) in [4.78, 5) is 21.3. The number of hydrogen-bond acceptors (Lipinski definition) is 3. The first-order valence-corrected chi connectivity index (χ1v) is 5.62. The van der Waals surface area contributed by atoms with Crippen LogP contribution in [-0.4, -0.2) is 18.7 Å². The first-order valence-electron chi connectivity index (χ1n) is 5.62. The highest BCUT2D eigenvalue weighted by Crippen LogP contribution is 2.17. The van der Waals surface area contributed by atoms with Crippen LogP contribution in [0.1, 0.15) is 24.4 Å². The Morgan fingerprint density at radius 3 is 2.44 bits per heavy atom. The molecule has 0 aliphatic heterocycles. The molecule has 18 heavy (non-hydrogen) atoms. The minimum Gasteiger partial charge on any atom is -0.450 e. The summed E-state index contributed by atoms with van der Waals surface area (Å²) in [7, 11) is 0. The number of ether oxygens (including phenoxy) is 1. The maximum absolute atomic E-state index is 10.9. The molecule has 1 aromatic rings. The predicted octanol–water partition coefficient (Wildman–Crippen LogP) is 1.27. The summed E-state index contributed by atoms with van der Waals surface area (Å²) in [5.41, 5.74) is 10.9. The Hall–Kier alpha value is -2.24. The lowest BCUT2D eigenvalue weighted by Gasteiger charge is -2.17. The highest BCUT2D eigenvalue weighted by Gasteiger charge is 2.12. The third-order valence-corrected chi connectivity index (χ3v) is 2.40. The first kappa shape index (κ1) is 13.8. The molecule has 6 heteroatoms. The van der Waals surface area contributed by atoms with Crippen LogP contribution >= 0.6 is 0 Å². The van der Waals surface area contributed by atoms with Gasteiger partial charge in [-0.05, 0) is 18.4 Å². The minimum absolute atomic E-state index is 0.194. The first-order chi connectivity index (χ1) is 8.59. The van der Waals surface area contributed by atoms with Crippen LogP contribution in [-0.2, 0) is 4.74 Å². The molecule has 1 rings (SSSR count). The molecule has 1 atom stereocenters. The molecule has 0 aromatic heterocycles. The normalized spacial score (nSPS) is 11.6. The van der Waals surface area contributed by atoms with Crippen molar-refractivity contribution in [2.24, 2.45) is 11.5 Å². The molecule has 1 aromatic carbocycles. The molecule has 0 radical (unpaired) electrons. The fraction of sp³-hybridized carbons (Fsp3) is 0.333. The molecule has 0 bridgehead atoms. The molecule has 1 unspecified atom stereocenters. The molecule has 0 aliphatic carbocycles. The van der Waals surface area contributed by atoms with E-state index in [1.54, 1.807) is 0 Å². The van der Waals surface area contributed by atoms with E-state index in [4.69, 9.17) is 11.5 Å². The zero-order valence-corrected chi connectivity index (χ0v) is 9.96. The Labute approximate surface area is 105 Å². The largest absolute Gasteiger partial charge is 0.450 e. The van der Waals surface area contributed by atoms with Crippen LogP contribution in [0.15, 0.2) is 30.3 Å². The average Bonchev–Trinajstić information content (AvgIpc) is 2.33. The summed E-state index contributed by atoms with van der Waals surface area (Å²) < 4.78 is 4.63. The van der Waals surface area contributed by atoms with Gasteiger partial charge in [-0.25, -0.2) is 9.59 Å². The van der Waals surface area contributed by atoms with E-state index in [1.165, 1.54) is 0 Å². The fourth-order valence-corrected chi connectivity index (χ4v) is 1.64. The van der Waals surface area contributed by atoms with Crippen molar-refractivity contribution < 1.29 is 14.3 Å². The number of primary amides is 2. The second-order valence-electron chi connectivity index (χ2n) is 3.78. The summed E-state index contributed by atoms with van der Waals surface area (Å²) >= 11 is 0. The standard InChI is InChI=1S/C12H17N3O3/c13-11(16)15-10(7-4-8-18-12(14)17)9-5-2-1-3-6-9/h1-3,5-6,10H,4,7-8H2,(H2,14,17)(H3,13,15,16). The number of hydrogen-bond donors (Lipinski definition) is 3. The maximum Gasteiger partial charge on any atom is 0.404 e. The predicted molar refractivity (Wildman–Crippen MR) is 66.7 cm³/mol. The number of carbonyl (C=O) groups excluding carboxylic acids is 2. The van der Waals surface area contributed by atoms with E-state index in [0.717, 1.165) is 5.56 Å². The van der Waals surface area contributed by atoms with Crippen molar-refractivity contribution in [1.29, 1.82) is 0 Å². The van der Waals surface area contributed by atoms with E-state index in [2.05, 4.69) is 10.1 Å². The van der Waals surface area contributed by atoms with Crippen molar-refractivity contribution in [2.45, 2.75) is 18.9 Å². The number of urea groups is 1. The molecule has 0 heterocycles. The molecule has 3 amide bonds. The van der Waals surface area contributed by atoms with Gasteiger partial charge in [-0.1, -0.05) is 30.3 Å². The molecule has 0 aliphatic rings. The Morgan fingerprint density at radius 1 is 1.22 bits per heavy atom. The van der Waals surface area contributed by atoms with Gasteiger partial charge >= 0.3 is 12.1 Å². The van der Waals surface area contributed by atoms with E-state index < -0.39 is 12.1 Å². The van der Waals surface area contributed by atoms with E-state index in [-0.39, 0.29) is 12.6 Å². The van der Waals surface area contributed by atoms with Gasteiger partial charge in [0.2, 0.25) is 0 Å². The second kappa shape index (κ2) is 7.16. The summed E-state index contributed by atoms with van der Waals surface area (Å²) in [5.74, 6) is 0. The lowest BCUT2D eigenvalue weighted by atomic mass is 10.0. The average molecular weight is 251 g/mol. The monoisotopic (exact) mass is 251 g/mol. The van der Waals surface area contributed by atoms with Gasteiger partial charge in [0, 0.05) is 0 Å². The lowest BCUT2D eigenvalue weighted by molar-refractivity contribution is 0.153. The van der Waals surface area contributed by atoms with Gasteiger partial charge in [0.1, 0.15) is 0 Å².